The molecule has 2 atom stereocenters. The smallest absolute Gasteiger partial charge is 0.257 e. The first-order chi connectivity index (χ1) is 15.0. The third-order valence-corrected chi connectivity index (χ3v) is 6.61. The Morgan fingerprint density at radius 3 is 2.45 bits per heavy atom. The molecule has 0 saturated heterocycles. The second kappa shape index (κ2) is 11.5. The molecule has 0 unspecified atom stereocenters. The van der Waals surface area contributed by atoms with Crippen molar-refractivity contribution in [2.75, 3.05) is 20.1 Å². The molecule has 0 spiro atoms. The van der Waals surface area contributed by atoms with Gasteiger partial charge in [-0.25, -0.2) is 0 Å². The third kappa shape index (κ3) is 6.47. The molecular formula is C26H40N2O3. The predicted molar refractivity (Wildman–Crippen MR) is 124 cm³/mol. The minimum absolute atomic E-state index is 0.0190. The number of benzene rings is 1. The summed E-state index contributed by atoms with van der Waals surface area (Å²) < 4.78 is 6.54. The number of hydrogen-bond donors (Lipinski definition) is 0. The van der Waals surface area contributed by atoms with Gasteiger partial charge in [0.15, 0.2) is 0 Å². The largest absolute Gasteiger partial charge is 0.487 e. The standard InChI is InChI=1S/C26H40N2O3/c1-20(2)19-25(29)28-18-12-6-4-5-11-17-27(3)26(30)21-13-7-9-15-23(21)31-24-16-10-8-14-22(24)28/h7,9,13,15,20,22,24H,4-6,8,10-12,14,16-19H2,1-3H3/t22-,24+/m1/s1. The fourth-order valence-corrected chi connectivity index (χ4v) is 4.89. The van der Waals surface area contributed by atoms with Gasteiger partial charge in [0.1, 0.15) is 11.9 Å². The van der Waals surface area contributed by atoms with Crippen molar-refractivity contribution in [1.82, 2.24) is 9.80 Å². The Kier molecular flexibility index (Phi) is 8.79. The Labute approximate surface area is 188 Å². The fraction of sp³-hybridized carbons (Fsp3) is 0.692. The van der Waals surface area contributed by atoms with Gasteiger partial charge in [-0.15, -0.1) is 0 Å². The van der Waals surface area contributed by atoms with Crippen molar-refractivity contribution in [1.29, 1.82) is 0 Å². The average molecular weight is 429 g/mol. The Balaban J connectivity index is 1.90. The van der Waals surface area contributed by atoms with Crippen molar-refractivity contribution in [3.8, 4) is 5.75 Å². The van der Waals surface area contributed by atoms with Crippen LogP contribution in [0.3, 0.4) is 0 Å². The molecule has 1 aliphatic heterocycles. The summed E-state index contributed by atoms with van der Waals surface area (Å²) in [5, 5.41) is 0. The molecule has 2 aliphatic rings. The van der Waals surface area contributed by atoms with E-state index in [4.69, 9.17) is 4.74 Å². The van der Waals surface area contributed by atoms with Crippen LogP contribution in [0.2, 0.25) is 0 Å². The van der Waals surface area contributed by atoms with Crippen molar-refractivity contribution in [3.05, 3.63) is 29.8 Å². The van der Waals surface area contributed by atoms with Crippen molar-refractivity contribution in [3.63, 3.8) is 0 Å². The van der Waals surface area contributed by atoms with Crippen LogP contribution in [0.5, 0.6) is 5.75 Å². The Morgan fingerprint density at radius 1 is 1.00 bits per heavy atom. The van der Waals surface area contributed by atoms with E-state index in [-0.39, 0.29) is 24.0 Å². The summed E-state index contributed by atoms with van der Waals surface area (Å²) in [6.45, 7) is 5.80. The highest BCUT2D eigenvalue weighted by atomic mass is 16.5. The van der Waals surface area contributed by atoms with Gasteiger partial charge in [0.2, 0.25) is 5.91 Å². The lowest BCUT2D eigenvalue weighted by Gasteiger charge is -2.40. The van der Waals surface area contributed by atoms with Gasteiger partial charge in [0.25, 0.3) is 5.91 Å². The molecule has 5 nitrogen and oxygen atoms in total. The molecule has 5 heteroatoms. The molecule has 1 aromatic rings. The van der Waals surface area contributed by atoms with E-state index in [0.717, 1.165) is 70.9 Å². The van der Waals surface area contributed by atoms with E-state index in [1.54, 1.807) is 0 Å². The molecule has 0 radical (unpaired) electrons. The van der Waals surface area contributed by atoms with E-state index in [1.807, 2.05) is 36.2 Å². The molecule has 1 saturated carbocycles. The summed E-state index contributed by atoms with van der Waals surface area (Å²) in [6.07, 6.45) is 10.1. The van der Waals surface area contributed by atoms with E-state index in [0.29, 0.717) is 23.7 Å². The van der Waals surface area contributed by atoms with Crippen molar-refractivity contribution < 1.29 is 14.3 Å². The van der Waals surface area contributed by atoms with Gasteiger partial charge in [-0.3, -0.25) is 9.59 Å². The van der Waals surface area contributed by atoms with Gasteiger partial charge in [-0.1, -0.05) is 51.7 Å². The average Bonchev–Trinajstić information content (AvgIpc) is 2.75. The number of carbonyl (C=O) groups is 2. The predicted octanol–water partition coefficient (Wildman–Crippen LogP) is 5.29. The lowest BCUT2D eigenvalue weighted by atomic mass is 9.90. The number of rotatable bonds is 2. The normalized spacial score (nSPS) is 23.9. The Bertz CT molecular complexity index is 733. The third-order valence-electron chi connectivity index (χ3n) is 6.61. The van der Waals surface area contributed by atoms with Crippen molar-refractivity contribution >= 4 is 11.8 Å². The van der Waals surface area contributed by atoms with Gasteiger partial charge in [-0.05, 0) is 50.2 Å². The van der Waals surface area contributed by atoms with Crippen molar-refractivity contribution in [2.24, 2.45) is 5.92 Å². The van der Waals surface area contributed by atoms with E-state index in [2.05, 4.69) is 18.7 Å². The molecule has 0 bridgehead atoms. The van der Waals surface area contributed by atoms with Crippen LogP contribution in [-0.2, 0) is 4.79 Å². The zero-order valence-corrected chi connectivity index (χ0v) is 19.6. The molecule has 172 valence electrons. The molecule has 2 amide bonds. The number of nitrogens with zero attached hydrogens (tertiary/aromatic N) is 2. The maximum Gasteiger partial charge on any atom is 0.257 e. The summed E-state index contributed by atoms with van der Waals surface area (Å²) in [4.78, 5) is 30.3. The topological polar surface area (TPSA) is 49.9 Å². The number of hydrogen-bond acceptors (Lipinski definition) is 3. The fourth-order valence-electron chi connectivity index (χ4n) is 4.89. The van der Waals surface area contributed by atoms with Crippen molar-refractivity contribution in [2.45, 2.75) is 90.2 Å². The quantitative estimate of drug-likeness (QED) is 0.643. The first-order valence-corrected chi connectivity index (χ1v) is 12.3. The van der Waals surface area contributed by atoms with E-state index in [9.17, 15) is 9.59 Å². The number of fused-ring (bicyclic) bond motifs is 2. The summed E-state index contributed by atoms with van der Waals surface area (Å²) in [7, 11) is 1.88. The van der Waals surface area contributed by atoms with E-state index < -0.39 is 0 Å². The van der Waals surface area contributed by atoms with Crippen LogP contribution < -0.4 is 4.74 Å². The molecule has 1 aliphatic carbocycles. The monoisotopic (exact) mass is 428 g/mol. The first-order valence-electron chi connectivity index (χ1n) is 12.3. The molecule has 1 heterocycles. The second-order valence-electron chi connectivity index (χ2n) is 9.68. The van der Waals surface area contributed by atoms with Crippen LogP contribution in [0.25, 0.3) is 0 Å². The van der Waals surface area contributed by atoms with E-state index >= 15 is 0 Å². The van der Waals surface area contributed by atoms with Gasteiger partial charge in [0, 0.05) is 26.6 Å². The molecule has 31 heavy (non-hydrogen) atoms. The van der Waals surface area contributed by atoms with Crippen LogP contribution in [0.15, 0.2) is 24.3 Å². The Hall–Kier alpha value is -2.04. The van der Waals surface area contributed by atoms with Gasteiger partial charge in [0.05, 0.1) is 11.6 Å². The zero-order valence-electron chi connectivity index (χ0n) is 19.6. The minimum atomic E-state index is -0.0609. The first kappa shape index (κ1) is 23.6. The van der Waals surface area contributed by atoms with Crippen LogP contribution in [0.1, 0.15) is 88.4 Å². The second-order valence-corrected chi connectivity index (χ2v) is 9.68. The van der Waals surface area contributed by atoms with Gasteiger partial charge < -0.3 is 14.5 Å². The summed E-state index contributed by atoms with van der Waals surface area (Å²) in [6, 6.07) is 7.70. The van der Waals surface area contributed by atoms with Crippen LogP contribution in [-0.4, -0.2) is 53.9 Å². The number of para-hydroxylation sites is 1. The molecule has 0 aromatic heterocycles. The molecule has 1 aromatic carbocycles. The molecular weight excluding hydrogens is 388 g/mol. The maximum absolute atomic E-state index is 13.2. The van der Waals surface area contributed by atoms with Crippen LogP contribution in [0.4, 0.5) is 0 Å². The van der Waals surface area contributed by atoms with Gasteiger partial charge in [-0.2, -0.15) is 0 Å². The highest BCUT2D eigenvalue weighted by molar-refractivity contribution is 5.96. The number of carbonyl (C=O) groups excluding carboxylic acids is 2. The summed E-state index contributed by atoms with van der Waals surface area (Å²) in [5.74, 6) is 1.28. The summed E-state index contributed by atoms with van der Waals surface area (Å²) in [5.41, 5.74) is 0.629. The van der Waals surface area contributed by atoms with Gasteiger partial charge >= 0.3 is 0 Å². The molecule has 1 fully saturated rings. The highest BCUT2D eigenvalue weighted by Crippen LogP contribution is 2.31. The highest BCUT2D eigenvalue weighted by Gasteiger charge is 2.35. The van der Waals surface area contributed by atoms with Crippen LogP contribution in [0, 0.1) is 5.92 Å². The molecule has 3 rings (SSSR count). The minimum Gasteiger partial charge on any atom is -0.487 e. The number of ether oxygens (including phenoxy) is 1. The molecule has 0 N–H and O–H groups in total. The lowest BCUT2D eigenvalue weighted by Crippen LogP contribution is -2.51. The summed E-state index contributed by atoms with van der Waals surface area (Å²) >= 11 is 0. The number of amides is 2. The maximum atomic E-state index is 13.2. The van der Waals surface area contributed by atoms with E-state index in [1.165, 1.54) is 0 Å². The lowest BCUT2D eigenvalue weighted by molar-refractivity contribution is -0.137. The zero-order chi connectivity index (χ0) is 22.2. The Morgan fingerprint density at radius 2 is 1.68 bits per heavy atom. The van der Waals surface area contributed by atoms with Crippen LogP contribution >= 0.6 is 0 Å². The SMILES string of the molecule is CC(C)CC(=O)N1CCCCCCCN(C)C(=O)c2ccccc2O[C@H]2CCCC[C@H]21.